The average Bonchev–Trinajstić information content (AvgIpc) is 2.99. The van der Waals surface area contributed by atoms with E-state index in [-0.39, 0.29) is 30.6 Å². The smallest absolute Gasteiger partial charge is 0.321 e. The predicted octanol–water partition coefficient (Wildman–Crippen LogP) is 5.08. The van der Waals surface area contributed by atoms with Crippen LogP contribution in [0, 0.1) is 0 Å². The van der Waals surface area contributed by atoms with Gasteiger partial charge < -0.3 is 20.2 Å². The van der Waals surface area contributed by atoms with Gasteiger partial charge in [-0.15, -0.1) is 0 Å². The zero-order valence-electron chi connectivity index (χ0n) is 20.3. The largest absolute Gasteiger partial charge is 0.396 e. The lowest BCUT2D eigenvalue weighted by molar-refractivity contribution is -0.116. The highest BCUT2D eigenvalue weighted by Gasteiger charge is 2.49. The fourth-order valence-corrected chi connectivity index (χ4v) is 5.41. The number of amides is 3. The summed E-state index contributed by atoms with van der Waals surface area (Å²) >= 11 is 0. The van der Waals surface area contributed by atoms with Crippen molar-refractivity contribution < 1.29 is 14.7 Å². The van der Waals surface area contributed by atoms with Crippen LogP contribution < -0.4 is 5.32 Å². The Morgan fingerprint density at radius 2 is 1.69 bits per heavy atom. The van der Waals surface area contributed by atoms with Gasteiger partial charge in [0, 0.05) is 25.4 Å². The first kappa shape index (κ1) is 24.6. The van der Waals surface area contributed by atoms with E-state index < -0.39 is 0 Å². The van der Waals surface area contributed by atoms with E-state index in [1.54, 1.807) is 4.90 Å². The maximum Gasteiger partial charge on any atom is 0.321 e. The standard InChI is InChI=1S/C26H41N3O3/c1-19(2)21-11-10-12-22(20(3)4)24(21)27-23(31)17-28-18-26(13-6-5-7-14-26)29(25(28)32)15-8-9-16-30/h10-12,19-20,30H,5-9,13-18H2,1-4H3,(H,27,31). The number of aliphatic hydroxyl groups excluding tert-OH is 1. The zero-order valence-corrected chi connectivity index (χ0v) is 20.3. The Balaban J connectivity index is 1.76. The fourth-order valence-electron chi connectivity index (χ4n) is 5.41. The molecule has 3 amide bonds. The molecule has 0 atom stereocenters. The Hall–Kier alpha value is -2.08. The van der Waals surface area contributed by atoms with Gasteiger partial charge in [0.05, 0.1) is 5.54 Å². The van der Waals surface area contributed by atoms with E-state index in [1.807, 2.05) is 4.90 Å². The fraction of sp³-hybridized carbons (Fsp3) is 0.692. The summed E-state index contributed by atoms with van der Waals surface area (Å²) in [6.07, 6.45) is 6.97. The number of anilines is 1. The number of carbonyl (C=O) groups excluding carboxylic acids is 2. The van der Waals surface area contributed by atoms with E-state index in [1.165, 1.54) is 6.42 Å². The summed E-state index contributed by atoms with van der Waals surface area (Å²) in [5.41, 5.74) is 3.02. The van der Waals surface area contributed by atoms with Crippen LogP contribution in [0.1, 0.15) is 95.6 Å². The lowest BCUT2D eigenvalue weighted by atomic mass is 9.81. The molecule has 1 aromatic rings. The van der Waals surface area contributed by atoms with Crippen molar-refractivity contribution >= 4 is 17.6 Å². The van der Waals surface area contributed by atoms with Gasteiger partial charge in [-0.3, -0.25) is 4.79 Å². The Morgan fingerprint density at radius 3 is 2.25 bits per heavy atom. The SMILES string of the molecule is CC(C)c1cccc(C(C)C)c1NC(=O)CN1CC2(CCCCC2)N(CCCCO)C1=O. The molecule has 0 unspecified atom stereocenters. The minimum Gasteiger partial charge on any atom is -0.396 e. The quantitative estimate of drug-likeness (QED) is 0.523. The number of nitrogens with zero attached hydrogens (tertiary/aromatic N) is 2. The molecule has 1 saturated carbocycles. The molecule has 0 aromatic heterocycles. The number of unbranched alkanes of at least 4 members (excludes halogenated alkanes) is 1. The molecule has 6 nitrogen and oxygen atoms in total. The lowest BCUT2D eigenvalue weighted by Gasteiger charge is -2.40. The number of para-hydroxylation sites is 1. The first-order chi connectivity index (χ1) is 15.3. The molecule has 2 fully saturated rings. The first-order valence-electron chi connectivity index (χ1n) is 12.4. The summed E-state index contributed by atoms with van der Waals surface area (Å²) < 4.78 is 0. The molecule has 2 aliphatic rings. The summed E-state index contributed by atoms with van der Waals surface area (Å²) in [4.78, 5) is 30.2. The third kappa shape index (κ3) is 5.28. The van der Waals surface area contributed by atoms with Crippen LogP contribution in [0.25, 0.3) is 0 Å². The van der Waals surface area contributed by atoms with Gasteiger partial charge in [0.15, 0.2) is 0 Å². The highest BCUT2D eigenvalue weighted by Crippen LogP contribution is 2.39. The van der Waals surface area contributed by atoms with Crippen molar-refractivity contribution in [2.24, 2.45) is 0 Å². The summed E-state index contributed by atoms with van der Waals surface area (Å²) in [5, 5.41) is 12.3. The Bertz CT molecular complexity index is 773. The molecule has 0 radical (unpaired) electrons. The second-order valence-electron chi connectivity index (χ2n) is 10.2. The van der Waals surface area contributed by atoms with E-state index >= 15 is 0 Å². The van der Waals surface area contributed by atoms with Crippen LogP contribution in [0.4, 0.5) is 10.5 Å². The number of rotatable bonds is 9. The summed E-state index contributed by atoms with van der Waals surface area (Å²) in [6, 6.07) is 6.18. The number of hydrogen-bond donors (Lipinski definition) is 2. The molecule has 1 saturated heterocycles. The maximum absolute atomic E-state index is 13.3. The molecule has 32 heavy (non-hydrogen) atoms. The van der Waals surface area contributed by atoms with E-state index in [9.17, 15) is 14.7 Å². The molecule has 6 heteroatoms. The van der Waals surface area contributed by atoms with Gasteiger partial charge in [-0.25, -0.2) is 4.79 Å². The van der Waals surface area contributed by atoms with Crippen molar-refractivity contribution in [3.05, 3.63) is 29.3 Å². The second-order valence-corrected chi connectivity index (χ2v) is 10.2. The van der Waals surface area contributed by atoms with Crippen LogP contribution in [0.3, 0.4) is 0 Å². The Labute approximate surface area is 193 Å². The van der Waals surface area contributed by atoms with Crippen LogP contribution in [0.15, 0.2) is 18.2 Å². The predicted molar refractivity (Wildman–Crippen MR) is 129 cm³/mol. The Kier molecular flexibility index (Phi) is 8.21. The van der Waals surface area contributed by atoms with E-state index in [0.29, 0.717) is 31.3 Å². The van der Waals surface area contributed by atoms with Gasteiger partial charge in [-0.05, 0) is 48.6 Å². The molecule has 1 aromatic carbocycles. The molecule has 1 spiro atoms. The molecule has 2 N–H and O–H groups in total. The van der Waals surface area contributed by atoms with Gasteiger partial charge in [0.2, 0.25) is 5.91 Å². The lowest BCUT2D eigenvalue weighted by Crippen LogP contribution is -2.48. The highest BCUT2D eigenvalue weighted by atomic mass is 16.3. The first-order valence-corrected chi connectivity index (χ1v) is 12.4. The van der Waals surface area contributed by atoms with E-state index in [4.69, 9.17) is 0 Å². The topological polar surface area (TPSA) is 72.9 Å². The second kappa shape index (κ2) is 10.7. The molecule has 178 valence electrons. The van der Waals surface area contributed by atoms with Crippen LogP contribution in [-0.2, 0) is 4.79 Å². The van der Waals surface area contributed by atoms with E-state index in [0.717, 1.165) is 48.9 Å². The van der Waals surface area contributed by atoms with Crippen molar-refractivity contribution in [2.45, 2.75) is 90.0 Å². The Morgan fingerprint density at radius 1 is 1.06 bits per heavy atom. The van der Waals surface area contributed by atoms with Crippen molar-refractivity contribution in [3.8, 4) is 0 Å². The highest BCUT2D eigenvalue weighted by molar-refractivity contribution is 5.96. The molecule has 1 aliphatic carbocycles. The van der Waals surface area contributed by atoms with Crippen LogP contribution in [-0.4, -0.2) is 58.6 Å². The zero-order chi connectivity index (χ0) is 23.3. The summed E-state index contributed by atoms with van der Waals surface area (Å²) in [5.74, 6) is 0.464. The van der Waals surface area contributed by atoms with Crippen molar-refractivity contribution in [1.29, 1.82) is 0 Å². The van der Waals surface area contributed by atoms with Crippen molar-refractivity contribution in [3.63, 3.8) is 0 Å². The van der Waals surface area contributed by atoms with Crippen LogP contribution in [0.2, 0.25) is 0 Å². The van der Waals surface area contributed by atoms with Gasteiger partial charge in [-0.2, -0.15) is 0 Å². The number of urea groups is 1. The van der Waals surface area contributed by atoms with Gasteiger partial charge in [-0.1, -0.05) is 65.2 Å². The molecule has 0 bridgehead atoms. The number of hydrogen-bond acceptors (Lipinski definition) is 3. The summed E-state index contributed by atoms with van der Waals surface area (Å²) in [7, 11) is 0. The molecule has 1 heterocycles. The maximum atomic E-state index is 13.3. The van der Waals surface area contributed by atoms with Gasteiger partial charge >= 0.3 is 6.03 Å². The summed E-state index contributed by atoms with van der Waals surface area (Å²) in [6.45, 7) is 10.1. The number of nitrogens with one attached hydrogen (secondary N) is 1. The monoisotopic (exact) mass is 443 g/mol. The number of carbonyl (C=O) groups is 2. The van der Waals surface area contributed by atoms with E-state index in [2.05, 4.69) is 51.2 Å². The van der Waals surface area contributed by atoms with Crippen LogP contribution in [0.5, 0.6) is 0 Å². The molecule has 3 rings (SSSR count). The third-order valence-corrected chi connectivity index (χ3v) is 7.11. The average molecular weight is 444 g/mol. The third-order valence-electron chi connectivity index (χ3n) is 7.11. The number of aliphatic hydroxyl groups is 1. The van der Waals surface area contributed by atoms with Crippen molar-refractivity contribution in [1.82, 2.24) is 9.80 Å². The molecular formula is C26H41N3O3. The van der Waals surface area contributed by atoms with Crippen molar-refractivity contribution in [2.75, 3.05) is 31.6 Å². The van der Waals surface area contributed by atoms with Crippen LogP contribution >= 0.6 is 0 Å². The minimum atomic E-state index is -0.149. The number of benzene rings is 1. The molecular weight excluding hydrogens is 402 g/mol. The van der Waals surface area contributed by atoms with Gasteiger partial charge in [0.25, 0.3) is 0 Å². The minimum absolute atomic E-state index is 0.0267. The normalized spacial score (nSPS) is 18.3. The molecule has 1 aliphatic heterocycles. The van der Waals surface area contributed by atoms with Gasteiger partial charge in [0.1, 0.15) is 6.54 Å².